The van der Waals surface area contributed by atoms with Crippen LogP contribution in [0.4, 0.5) is 5.95 Å². The van der Waals surface area contributed by atoms with Crippen LogP contribution in [0.5, 0.6) is 12.0 Å². The molecule has 1 aliphatic heterocycles. The average molecular weight is 255 g/mol. The maximum atomic E-state index is 5.58. The fourth-order valence-electron chi connectivity index (χ4n) is 1.47. The Labute approximate surface area is 105 Å². The molecule has 8 nitrogen and oxygen atoms in total. The Balaban J connectivity index is 2.06. The third-order valence-electron chi connectivity index (χ3n) is 2.32. The molecule has 1 aromatic rings. The van der Waals surface area contributed by atoms with Crippen LogP contribution in [-0.2, 0) is 4.74 Å². The molecule has 1 fully saturated rings. The van der Waals surface area contributed by atoms with Gasteiger partial charge in [0.1, 0.15) is 6.10 Å². The molecule has 0 aliphatic carbocycles. The molecule has 0 aromatic carbocycles. The lowest BCUT2D eigenvalue weighted by Gasteiger charge is -2.11. The van der Waals surface area contributed by atoms with Gasteiger partial charge in [-0.3, -0.25) is 5.43 Å². The van der Waals surface area contributed by atoms with Gasteiger partial charge in [-0.15, -0.1) is 4.98 Å². The van der Waals surface area contributed by atoms with Crippen molar-refractivity contribution in [3.05, 3.63) is 0 Å². The summed E-state index contributed by atoms with van der Waals surface area (Å²) in [4.78, 5) is 12.0. The molecular weight excluding hydrogens is 238 g/mol. The zero-order valence-corrected chi connectivity index (χ0v) is 10.3. The summed E-state index contributed by atoms with van der Waals surface area (Å²) in [5.41, 5.74) is 2.36. The van der Waals surface area contributed by atoms with Crippen LogP contribution in [0.2, 0.25) is 0 Å². The fourth-order valence-corrected chi connectivity index (χ4v) is 1.47. The normalized spacial score (nSPS) is 18.7. The standard InChI is InChI=1S/C10H17N5O3/c1-2-4-17-9-12-8(15-11)13-10(14-9)18-7-3-5-16-6-7/h7H,2-6,11H2,1H3,(H,12,13,14,15). The summed E-state index contributed by atoms with van der Waals surface area (Å²) in [5, 5.41) is 0. The molecule has 2 rings (SSSR count). The van der Waals surface area contributed by atoms with E-state index in [1.165, 1.54) is 0 Å². The van der Waals surface area contributed by atoms with Crippen molar-refractivity contribution in [2.75, 3.05) is 25.2 Å². The van der Waals surface area contributed by atoms with E-state index in [0.717, 1.165) is 12.8 Å². The van der Waals surface area contributed by atoms with Gasteiger partial charge in [0, 0.05) is 6.42 Å². The Morgan fingerprint density at radius 2 is 2.22 bits per heavy atom. The Kier molecular flexibility index (Phi) is 4.48. The van der Waals surface area contributed by atoms with E-state index in [-0.39, 0.29) is 24.1 Å². The van der Waals surface area contributed by atoms with Crippen molar-refractivity contribution in [1.82, 2.24) is 15.0 Å². The minimum atomic E-state index is -0.0305. The van der Waals surface area contributed by atoms with E-state index in [1.807, 2.05) is 6.92 Å². The van der Waals surface area contributed by atoms with Crippen molar-refractivity contribution >= 4 is 5.95 Å². The maximum absolute atomic E-state index is 5.58. The highest BCUT2D eigenvalue weighted by molar-refractivity contribution is 5.25. The second-order valence-corrected chi connectivity index (χ2v) is 3.82. The van der Waals surface area contributed by atoms with Crippen LogP contribution in [0, 0.1) is 0 Å². The number of rotatable bonds is 6. The van der Waals surface area contributed by atoms with Gasteiger partial charge in [0.05, 0.1) is 19.8 Å². The monoisotopic (exact) mass is 255 g/mol. The molecule has 0 spiro atoms. The first-order chi connectivity index (χ1) is 8.81. The summed E-state index contributed by atoms with van der Waals surface area (Å²) in [6.07, 6.45) is 1.66. The number of nitrogen functional groups attached to an aromatic ring is 1. The maximum Gasteiger partial charge on any atom is 0.324 e. The molecule has 100 valence electrons. The van der Waals surface area contributed by atoms with Crippen LogP contribution in [0.25, 0.3) is 0 Å². The zero-order chi connectivity index (χ0) is 12.8. The molecule has 3 N–H and O–H groups in total. The Morgan fingerprint density at radius 1 is 1.39 bits per heavy atom. The smallest absolute Gasteiger partial charge is 0.324 e. The molecule has 0 saturated carbocycles. The highest BCUT2D eigenvalue weighted by atomic mass is 16.6. The molecule has 1 saturated heterocycles. The summed E-state index contributed by atoms with van der Waals surface area (Å²) >= 11 is 0. The minimum Gasteiger partial charge on any atom is -0.463 e. The summed E-state index contributed by atoms with van der Waals surface area (Å²) in [7, 11) is 0. The number of nitrogens with one attached hydrogen (secondary N) is 1. The molecule has 0 radical (unpaired) electrons. The van der Waals surface area contributed by atoms with Gasteiger partial charge in [-0.25, -0.2) is 5.84 Å². The highest BCUT2D eigenvalue weighted by Gasteiger charge is 2.19. The molecular formula is C10H17N5O3. The van der Waals surface area contributed by atoms with Gasteiger partial charge in [0.25, 0.3) is 0 Å². The summed E-state index contributed by atoms with van der Waals surface area (Å²) < 4.78 is 16.1. The number of hydrogen-bond acceptors (Lipinski definition) is 8. The number of hydrazine groups is 1. The molecule has 1 aliphatic rings. The van der Waals surface area contributed by atoms with Crippen molar-refractivity contribution in [1.29, 1.82) is 0 Å². The van der Waals surface area contributed by atoms with Crippen LogP contribution in [0.15, 0.2) is 0 Å². The SMILES string of the molecule is CCCOc1nc(NN)nc(OC2CCOC2)n1. The number of aromatic nitrogens is 3. The minimum absolute atomic E-state index is 0.0305. The number of nitrogens with two attached hydrogens (primary N) is 1. The average Bonchev–Trinajstić information content (AvgIpc) is 2.89. The lowest BCUT2D eigenvalue weighted by atomic mass is 10.3. The van der Waals surface area contributed by atoms with Gasteiger partial charge in [-0.1, -0.05) is 6.92 Å². The molecule has 1 unspecified atom stereocenters. The number of nitrogens with zero attached hydrogens (tertiary/aromatic N) is 3. The predicted octanol–water partition coefficient (Wildman–Crippen LogP) is 0.114. The topological polar surface area (TPSA) is 104 Å². The lowest BCUT2D eigenvalue weighted by molar-refractivity contribution is 0.132. The first-order valence-corrected chi connectivity index (χ1v) is 5.91. The van der Waals surface area contributed by atoms with Crippen molar-refractivity contribution in [3.8, 4) is 12.0 Å². The van der Waals surface area contributed by atoms with E-state index in [1.54, 1.807) is 0 Å². The summed E-state index contributed by atoms with van der Waals surface area (Å²) in [6, 6.07) is 0.397. The van der Waals surface area contributed by atoms with Gasteiger partial charge in [0.15, 0.2) is 0 Å². The predicted molar refractivity (Wildman–Crippen MR) is 63.3 cm³/mol. The first-order valence-electron chi connectivity index (χ1n) is 5.91. The van der Waals surface area contributed by atoms with E-state index in [4.69, 9.17) is 20.1 Å². The molecule has 0 bridgehead atoms. The van der Waals surface area contributed by atoms with E-state index in [2.05, 4.69) is 20.4 Å². The molecule has 1 atom stereocenters. The van der Waals surface area contributed by atoms with Crippen LogP contribution in [0.3, 0.4) is 0 Å². The zero-order valence-electron chi connectivity index (χ0n) is 10.3. The lowest BCUT2D eigenvalue weighted by Crippen LogP contribution is -2.19. The van der Waals surface area contributed by atoms with Crippen molar-refractivity contribution in [2.24, 2.45) is 5.84 Å². The molecule has 0 amide bonds. The van der Waals surface area contributed by atoms with Crippen molar-refractivity contribution < 1.29 is 14.2 Å². The molecule has 18 heavy (non-hydrogen) atoms. The van der Waals surface area contributed by atoms with Crippen LogP contribution < -0.4 is 20.7 Å². The number of ether oxygens (including phenoxy) is 3. The third kappa shape index (κ3) is 3.41. The van der Waals surface area contributed by atoms with E-state index in [9.17, 15) is 0 Å². The first kappa shape index (κ1) is 12.8. The highest BCUT2D eigenvalue weighted by Crippen LogP contribution is 2.16. The number of anilines is 1. The van der Waals surface area contributed by atoms with Crippen LogP contribution in [-0.4, -0.2) is 40.9 Å². The van der Waals surface area contributed by atoms with Gasteiger partial charge in [0.2, 0.25) is 5.95 Å². The van der Waals surface area contributed by atoms with Crippen molar-refractivity contribution in [3.63, 3.8) is 0 Å². The van der Waals surface area contributed by atoms with E-state index in [0.29, 0.717) is 19.8 Å². The summed E-state index contributed by atoms with van der Waals surface area (Å²) in [6.45, 7) is 3.76. The third-order valence-corrected chi connectivity index (χ3v) is 2.32. The van der Waals surface area contributed by atoms with E-state index >= 15 is 0 Å². The second kappa shape index (κ2) is 6.31. The van der Waals surface area contributed by atoms with Crippen molar-refractivity contribution in [2.45, 2.75) is 25.9 Å². The quantitative estimate of drug-likeness (QED) is 0.545. The van der Waals surface area contributed by atoms with Gasteiger partial charge in [-0.05, 0) is 6.42 Å². The second-order valence-electron chi connectivity index (χ2n) is 3.82. The van der Waals surface area contributed by atoms with Crippen LogP contribution in [0.1, 0.15) is 19.8 Å². The molecule has 1 aromatic heterocycles. The van der Waals surface area contributed by atoms with Gasteiger partial charge >= 0.3 is 12.0 Å². The van der Waals surface area contributed by atoms with Gasteiger partial charge < -0.3 is 14.2 Å². The number of hydrogen-bond donors (Lipinski definition) is 2. The fraction of sp³-hybridized carbons (Fsp3) is 0.700. The summed E-state index contributed by atoms with van der Waals surface area (Å²) in [5.74, 6) is 5.50. The van der Waals surface area contributed by atoms with Gasteiger partial charge in [-0.2, -0.15) is 9.97 Å². The Morgan fingerprint density at radius 3 is 2.89 bits per heavy atom. The van der Waals surface area contributed by atoms with E-state index < -0.39 is 0 Å². The Hall–Kier alpha value is -1.67. The molecule has 8 heteroatoms. The largest absolute Gasteiger partial charge is 0.463 e. The Bertz CT molecular complexity index is 384. The molecule has 2 heterocycles. The van der Waals surface area contributed by atoms with Crippen LogP contribution >= 0.6 is 0 Å².